The minimum absolute atomic E-state index is 0.244. The molecule has 1 aromatic carbocycles. The number of pyridine rings is 1. The van der Waals surface area contributed by atoms with E-state index in [1.54, 1.807) is 36.7 Å². The van der Waals surface area contributed by atoms with Gasteiger partial charge in [0.05, 0.1) is 16.4 Å². The summed E-state index contributed by atoms with van der Waals surface area (Å²) in [4.78, 5) is 22.8. The molecule has 0 bridgehead atoms. The maximum atomic E-state index is 11.8. The monoisotopic (exact) mass is 328 g/mol. The van der Waals surface area contributed by atoms with Crippen molar-refractivity contribution in [2.45, 2.75) is 13.8 Å². The minimum Gasteiger partial charge on any atom is -0.324 e. The summed E-state index contributed by atoms with van der Waals surface area (Å²) >= 11 is 6.08. The Labute approximate surface area is 139 Å². The van der Waals surface area contributed by atoms with Gasteiger partial charge in [-0.2, -0.15) is 0 Å². The van der Waals surface area contributed by atoms with E-state index < -0.39 is 0 Å². The van der Waals surface area contributed by atoms with Crippen molar-refractivity contribution in [2.75, 3.05) is 5.32 Å². The molecule has 0 saturated carbocycles. The number of aromatic nitrogens is 3. The third-order valence-electron chi connectivity index (χ3n) is 2.84. The van der Waals surface area contributed by atoms with Gasteiger partial charge in [0.25, 0.3) is 5.56 Å². The molecule has 3 aromatic rings. The molecule has 6 heteroatoms. The van der Waals surface area contributed by atoms with Crippen molar-refractivity contribution < 1.29 is 0 Å². The van der Waals surface area contributed by atoms with E-state index in [4.69, 9.17) is 11.6 Å². The van der Waals surface area contributed by atoms with Crippen molar-refractivity contribution in [3.63, 3.8) is 0 Å². The third kappa shape index (κ3) is 4.40. The van der Waals surface area contributed by atoms with Crippen LogP contribution in [0.4, 0.5) is 11.6 Å². The quantitative estimate of drug-likeness (QED) is 0.753. The molecule has 0 aliphatic heterocycles. The Morgan fingerprint density at radius 3 is 2.48 bits per heavy atom. The van der Waals surface area contributed by atoms with E-state index in [0.29, 0.717) is 22.4 Å². The Balaban J connectivity index is 0.000000924. The number of H-pyrrole nitrogens is 1. The van der Waals surface area contributed by atoms with Crippen molar-refractivity contribution in [3.8, 4) is 11.3 Å². The second-order valence-electron chi connectivity index (χ2n) is 4.32. The fraction of sp³-hybridized carbons (Fsp3) is 0.118. The first-order valence-electron chi connectivity index (χ1n) is 7.26. The number of para-hydroxylation sites is 1. The van der Waals surface area contributed by atoms with Crippen molar-refractivity contribution in [1.82, 2.24) is 15.0 Å². The molecule has 5 nitrogen and oxygen atoms in total. The summed E-state index contributed by atoms with van der Waals surface area (Å²) in [6.45, 7) is 4.00. The molecule has 3 rings (SSSR count). The van der Waals surface area contributed by atoms with E-state index >= 15 is 0 Å². The number of aromatic amines is 1. The van der Waals surface area contributed by atoms with Gasteiger partial charge in [0.15, 0.2) is 0 Å². The van der Waals surface area contributed by atoms with Gasteiger partial charge in [-0.15, -0.1) is 0 Å². The van der Waals surface area contributed by atoms with Crippen molar-refractivity contribution in [2.24, 2.45) is 0 Å². The highest BCUT2D eigenvalue weighted by Gasteiger charge is 2.05. The zero-order valence-corrected chi connectivity index (χ0v) is 13.6. The number of benzene rings is 1. The molecule has 23 heavy (non-hydrogen) atoms. The molecule has 0 fully saturated rings. The molecule has 2 N–H and O–H groups in total. The van der Waals surface area contributed by atoms with Gasteiger partial charge in [-0.1, -0.05) is 37.6 Å². The number of hydrogen-bond acceptors (Lipinski definition) is 4. The van der Waals surface area contributed by atoms with Gasteiger partial charge in [-0.3, -0.25) is 14.8 Å². The molecule has 0 aliphatic carbocycles. The molecule has 2 heterocycles. The van der Waals surface area contributed by atoms with Crippen LogP contribution in [0.5, 0.6) is 0 Å². The van der Waals surface area contributed by atoms with Crippen LogP contribution >= 0.6 is 11.6 Å². The molecule has 0 saturated heterocycles. The van der Waals surface area contributed by atoms with Crippen LogP contribution in [0.2, 0.25) is 5.02 Å². The van der Waals surface area contributed by atoms with Gasteiger partial charge in [0, 0.05) is 24.0 Å². The Morgan fingerprint density at radius 2 is 1.78 bits per heavy atom. The summed E-state index contributed by atoms with van der Waals surface area (Å²) in [5.74, 6) is 0.336. The molecule has 0 atom stereocenters. The Hall–Kier alpha value is -2.66. The van der Waals surface area contributed by atoms with Crippen molar-refractivity contribution in [3.05, 3.63) is 70.2 Å². The van der Waals surface area contributed by atoms with Crippen molar-refractivity contribution >= 4 is 23.2 Å². The molecule has 118 valence electrons. The maximum absolute atomic E-state index is 11.8. The molecule has 2 aromatic heterocycles. The van der Waals surface area contributed by atoms with E-state index in [1.165, 1.54) is 6.07 Å². The largest absolute Gasteiger partial charge is 0.324 e. The number of nitrogens with one attached hydrogen (secondary N) is 2. The molecule has 0 radical (unpaired) electrons. The molecule has 0 amide bonds. The first kappa shape index (κ1) is 16.7. The topological polar surface area (TPSA) is 70.7 Å². The summed E-state index contributed by atoms with van der Waals surface area (Å²) in [6.07, 6.45) is 3.30. The van der Waals surface area contributed by atoms with Gasteiger partial charge < -0.3 is 5.32 Å². The highest BCUT2D eigenvalue weighted by molar-refractivity contribution is 6.33. The first-order valence-corrected chi connectivity index (χ1v) is 7.63. The average Bonchev–Trinajstić information content (AvgIpc) is 2.59. The third-order valence-corrected chi connectivity index (χ3v) is 3.17. The first-order chi connectivity index (χ1) is 11.2. The normalized spacial score (nSPS) is 9.70. The zero-order valence-electron chi connectivity index (χ0n) is 12.9. The van der Waals surface area contributed by atoms with Crippen LogP contribution in [0.3, 0.4) is 0 Å². The van der Waals surface area contributed by atoms with Crippen LogP contribution in [0.1, 0.15) is 13.8 Å². The average molecular weight is 329 g/mol. The van der Waals surface area contributed by atoms with Gasteiger partial charge >= 0.3 is 0 Å². The highest BCUT2D eigenvalue weighted by atomic mass is 35.5. The van der Waals surface area contributed by atoms with Gasteiger partial charge in [-0.25, -0.2) is 4.98 Å². The minimum atomic E-state index is -0.244. The lowest BCUT2D eigenvalue weighted by Gasteiger charge is -2.08. The number of halogens is 1. The lowest BCUT2D eigenvalue weighted by Crippen LogP contribution is -2.10. The maximum Gasteiger partial charge on any atom is 0.252 e. The summed E-state index contributed by atoms with van der Waals surface area (Å²) < 4.78 is 0. The SMILES string of the molecule is CC.O=c1cc(-c2ccncc2)nc(Nc2ccccc2Cl)[nH]1. The molecular formula is C17H17ClN4O. The predicted octanol–water partition coefficient (Wildman–Crippen LogP) is 4.26. The van der Waals surface area contributed by atoms with E-state index in [9.17, 15) is 4.79 Å². The van der Waals surface area contributed by atoms with Crippen LogP contribution in [-0.2, 0) is 0 Å². The smallest absolute Gasteiger partial charge is 0.252 e. The lowest BCUT2D eigenvalue weighted by atomic mass is 10.2. The molecule has 0 spiro atoms. The van der Waals surface area contributed by atoms with Crippen LogP contribution in [-0.4, -0.2) is 15.0 Å². The van der Waals surface area contributed by atoms with Gasteiger partial charge in [0.2, 0.25) is 5.95 Å². The summed E-state index contributed by atoms with van der Waals surface area (Å²) in [7, 11) is 0. The van der Waals surface area contributed by atoms with Crippen LogP contribution < -0.4 is 10.9 Å². The summed E-state index contributed by atoms with van der Waals surface area (Å²) in [6, 6.07) is 12.3. The van der Waals surface area contributed by atoms with Crippen LogP contribution in [0.15, 0.2) is 59.7 Å². The van der Waals surface area contributed by atoms with Crippen LogP contribution in [0, 0.1) is 0 Å². The number of hydrogen-bond donors (Lipinski definition) is 2. The summed E-state index contributed by atoms with van der Waals surface area (Å²) in [5.41, 5.74) is 1.81. The zero-order chi connectivity index (χ0) is 16.7. The lowest BCUT2D eigenvalue weighted by molar-refractivity contribution is 1.12. The Bertz CT molecular complexity index is 818. The number of rotatable bonds is 3. The van der Waals surface area contributed by atoms with E-state index in [-0.39, 0.29) is 5.56 Å². The fourth-order valence-electron chi connectivity index (χ4n) is 1.88. The molecular weight excluding hydrogens is 312 g/mol. The van der Waals surface area contributed by atoms with E-state index in [2.05, 4.69) is 20.3 Å². The molecule has 0 aliphatic rings. The van der Waals surface area contributed by atoms with Gasteiger partial charge in [-0.05, 0) is 24.3 Å². The Kier molecular flexibility index (Phi) is 5.88. The predicted molar refractivity (Wildman–Crippen MR) is 94.2 cm³/mol. The van der Waals surface area contributed by atoms with Gasteiger partial charge in [0.1, 0.15) is 0 Å². The highest BCUT2D eigenvalue weighted by Crippen LogP contribution is 2.23. The molecule has 0 unspecified atom stereocenters. The second kappa shape index (κ2) is 8.10. The second-order valence-corrected chi connectivity index (χ2v) is 4.73. The standard InChI is InChI=1S/C15H11ClN4O.C2H6/c16-11-3-1-2-4-12(11)18-15-19-13(9-14(21)20-15)10-5-7-17-8-6-10;1-2/h1-9H,(H2,18,19,20,21);1-2H3. The van der Waals surface area contributed by atoms with E-state index in [0.717, 1.165) is 5.56 Å². The number of anilines is 2. The van der Waals surface area contributed by atoms with E-state index in [1.807, 2.05) is 26.0 Å². The summed E-state index contributed by atoms with van der Waals surface area (Å²) in [5, 5.41) is 3.56. The van der Waals surface area contributed by atoms with Crippen molar-refractivity contribution in [1.29, 1.82) is 0 Å². The Morgan fingerprint density at radius 1 is 1.09 bits per heavy atom. The van der Waals surface area contributed by atoms with Crippen LogP contribution in [0.25, 0.3) is 11.3 Å². The number of nitrogens with zero attached hydrogens (tertiary/aromatic N) is 2. The fourth-order valence-corrected chi connectivity index (χ4v) is 2.06.